The third kappa shape index (κ3) is 3.29. The largest absolute Gasteiger partial charge is 0.495 e. The van der Waals surface area contributed by atoms with Crippen molar-refractivity contribution in [3.8, 4) is 5.75 Å². The maximum Gasteiger partial charge on any atom is 0.363 e. The first-order valence-corrected chi connectivity index (χ1v) is 7.89. The molecule has 0 saturated heterocycles. The zero-order valence-electron chi connectivity index (χ0n) is 13.9. The van der Waals surface area contributed by atoms with E-state index in [0.717, 1.165) is 0 Å². The minimum Gasteiger partial charge on any atom is -0.495 e. The molecule has 0 atom stereocenters. The van der Waals surface area contributed by atoms with Gasteiger partial charge in [0, 0.05) is 17.2 Å². The van der Waals surface area contributed by atoms with Gasteiger partial charge in [0.1, 0.15) is 5.75 Å². The molecule has 8 heteroatoms. The molecular weight excluding hydrogens is 360 g/mol. The van der Waals surface area contributed by atoms with Crippen LogP contribution in [0.25, 0.3) is 6.08 Å². The summed E-state index contributed by atoms with van der Waals surface area (Å²) in [6, 6.07) is 9.53. The molecule has 0 unspecified atom stereocenters. The molecule has 1 heterocycles. The summed E-state index contributed by atoms with van der Waals surface area (Å²) < 4.78 is 10.3. The summed E-state index contributed by atoms with van der Waals surface area (Å²) in [5.74, 6) is -0.0980. The quantitative estimate of drug-likeness (QED) is 0.351. The first-order chi connectivity index (χ1) is 12.4. The standard InChI is InChI=1S/C18H13ClN2O5/c1-10-12(4-3-5-15(10)21(23)24)17-20-14(18(22)26-17)9-11-6-7-16(25-2)13(19)8-11/h3-9H,1-2H3/b14-9-. The predicted octanol–water partition coefficient (Wildman–Crippen LogP) is 3.91. The molecule has 132 valence electrons. The predicted molar refractivity (Wildman–Crippen MR) is 96.4 cm³/mol. The van der Waals surface area contributed by atoms with Crippen molar-refractivity contribution in [2.45, 2.75) is 6.92 Å². The minimum absolute atomic E-state index is 0.0297. The fraction of sp³-hybridized carbons (Fsp3) is 0.111. The van der Waals surface area contributed by atoms with Gasteiger partial charge < -0.3 is 9.47 Å². The number of aliphatic imine (C=N–C) groups is 1. The second-order valence-electron chi connectivity index (χ2n) is 5.44. The lowest BCUT2D eigenvalue weighted by Gasteiger charge is -2.04. The maximum absolute atomic E-state index is 12.1. The number of nitrogens with zero attached hydrogens (tertiary/aromatic N) is 2. The van der Waals surface area contributed by atoms with E-state index in [-0.39, 0.29) is 17.3 Å². The van der Waals surface area contributed by atoms with Crippen LogP contribution in [0, 0.1) is 17.0 Å². The van der Waals surface area contributed by atoms with E-state index < -0.39 is 10.9 Å². The maximum atomic E-state index is 12.1. The van der Waals surface area contributed by atoms with Crippen molar-refractivity contribution >= 4 is 35.2 Å². The number of carbonyl (C=O) groups excluding carboxylic acids is 1. The molecule has 2 aromatic carbocycles. The van der Waals surface area contributed by atoms with Gasteiger partial charge in [-0.2, -0.15) is 0 Å². The summed E-state index contributed by atoms with van der Waals surface area (Å²) >= 11 is 6.07. The highest BCUT2D eigenvalue weighted by Crippen LogP contribution is 2.28. The van der Waals surface area contributed by atoms with Crippen molar-refractivity contribution in [2.24, 2.45) is 4.99 Å². The lowest BCUT2D eigenvalue weighted by molar-refractivity contribution is -0.385. The summed E-state index contributed by atoms with van der Waals surface area (Å²) in [5.41, 5.74) is 1.41. The average Bonchev–Trinajstić information content (AvgIpc) is 2.95. The minimum atomic E-state index is -0.641. The number of rotatable bonds is 4. The van der Waals surface area contributed by atoms with Crippen molar-refractivity contribution in [3.63, 3.8) is 0 Å². The van der Waals surface area contributed by atoms with Crippen LogP contribution in [0.5, 0.6) is 5.75 Å². The van der Waals surface area contributed by atoms with Crippen LogP contribution in [0.4, 0.5) is 5.69 Å². The average molecular weight is 373 g/mol. The molecule has 7 nitrogen and oxygen atoms in total. The number of methoxy groups -OCH3 is 1. The molecule has 0 amide bonds. The van der Waals surface area contributed by atoms with E-state index in [4.69, 9.17) is 21.1 Å². The summed E-state index contributed by atoms with van der Waals surface area (Å²) in [6.07, 6.45) is 1.52. The van der Waals surface area contributed by atoms with Gasteiger partial charge in [-0.3, -0.25) is 10.1 Å². The molecule has 0 saturated carbocycles. The van der Waals surface area contributed by atoms with Crippen LogP contribution >= 0.6 is 11.6 Å². The first kappa shape index (κ1) is 17.6. The SMILES string of the molecule is COc1ccc(/C=C2\N=C(c3cccc([N+](=O)[O-])c3C)OC2=O)cc1Cl. The van der Waals surface area contributed by atoms with E-state index >= 15 is 0 Å². The molecule has 0 N–H and O–H groups in total. The van der Waals surface area contributed by atoms with Crippen LogP contribution in [0.2, 0.25) is 5.02 Å². The Balaban J connectivity index is 1.99. The molecule has 0 fully saturated rings. The van der Waals surface area contributed by atoms with E-state index in [1.165, 1.54) is 25.3 Å². The van der Waals surface area contributed by atoms with Crippen molar-refractivity contribution in [1.82, 2.24) is 0 Å². The van der Waals surface area contributed by atoms with Gasteiger partial charge in [0.15, 0.2) is 5.70 Å². The Kier molecular flexibility index (Phi) is 4.73. The van der Waals surface area contributed by atoms with Crippen molar-refractivity contribution < 1.29 is 19.2 Å². The van der Waals surface area contributed by atoms with Crippen LogP contribution in [0.3, 0.4) is 0 Å². The van der Waals surface area contributed by atoms with E-state index in [1.807, 2.05) is 0 Å². The first-order valence-electron chi connectivity index (χ1n) is 7.51. The third-order valence-corrected chi connectivity index (χ3v) is 4.13. The van der Waals surface area contributed by atoms with Crippen LogP contribution in [-0.4, -0.2) is 23.9 Å². The van der Waals surface area contributed by atoms with Gasteiger partial charge in [-0.1, -0.05) is 23.7 Å². The normalized spacial score (nSPS) is 15.0. The Labute approximate surface area is 153 Å². The second-order valence-corrected chi connectivity index (χ2v) is 5.84. The van der Waals surface area contributed by atoms with Gasteiger partial charge in [-0.05, 0) is 36.8 Å². The molecule has 26 heavy (non-hydrogen) atoms. The lowest BCUT2D eigenvalue weighted by atomic mass is 10.1. The van der Waals surface area contributed by atoms with E-state index in [0.29, 0.717) is 27.5 Å². The van der Waals surface area contributed by atoms with Crippen LogP contribution < -0.4 is 4.74 Å². The zero-order valence-corrected chi connectivity index (χ0v) is 14.6. The van der Waals surface area contributed by atoms with Crippen LogP contribution in [0.15, 0.2) is 47.1 Å². The number of esters is 1. The van der Waals surface area contributed by atoms with Crippen LogP contribution in [0.1, 0.15) is 16.7 Å². The number of cyclic esters (lactones) is 1. The number of halogens is 1. The number of nitro groups is 1. The van der Waals surface area contributed by atoms with E-state index in [2.05, 4.69) is 4.99 Å². The molecule has 0 aromatic heterocycles. The Morgan fingerprint density at radius 3 is 2.73 bits per heavy atom. The van der Waals surface area contributed by atoms with E-state index in [9.17, 15) is 14.9 Å². The third-order valence-electron chi connectivity index (χ3n) is 3.83. The Hall–Kier alpha value is -3.19. The number of carbonyl (C=O) groups is 1. The second kappa shape index (κ2) is 6.97. The Morgan fingerprint density at radius 2 is 2.08 bits per heavy atom. The highest BCUT2D eigenvalue weighted by Gasteiger charge is 2.27. The number of ether oxygens (including phenoxy) is 2. The molecule has 0 radical (unpaired) electrons. The highest BCUT2D eigenvalue weighted by atomic mass is 35.5. The van der Waals surface area contributed by atoms with Gasteiger partial charge in [0.2, 0.25) is 5.90 Å². The number of benzene rings is 2. The molecule has 0 bridgehead atoms. The Bertz CT molecular complexity index is 982. The van der Waals surface area contributed by atoms with Crippen LogP contribution in [-0.2, 0) is 9.53 Å². The number of hydrogen-bond donors (Lipinski definition) is 0. The highest BCUT2D eigenvalue weighted by molar-refractivity contribution is 6.32. The summed E-state index contributed by atoms with van der Waals surface area (Å²) in [5, 5.41) is 11.5. The summed E-state index contributed by atoms with van der Waals surface area (Å²) in [7, 11) is 1.51. The summed E-state index contributed by atoms with van der Waals surface area (Å²) in [6.45, 7) is 1.58. The lowest BCUT2D eigenvalue weighted by Crippen LogP contribution is -2.08. The van der Waals surface area contributed by atoms with Crippen molar-refractivity contribution in [1.29, 1.82) is 0 Å². The molecule has 0 spiro atoms. The fourth-order valence-electron chi connectivity index (χ4n) is 2.51. The smallest absolute Gasteiger partial charge is 0.363 e. The Morgan fingerprint density at radius 1 is 1.31 bits per heavy atom. The molecule has 3 rings (SSSR count). The number of nitro benzene ring substituents is 1. The zero-order chi connectivity index (χ0) is 18.8. The van der Waals surface area contributed by atoms with Gasteiger partial charge in [0.25, 0.3) is 5.69 Å². The topological polar surface area (TPSA) is 91.0 Å². The van der Waals surface area contributed by atoms with Crippen molar-refractivity contribution in [2.75, 3.05) is 7.11 Å². The summed E-state index contributed by atoms with van der Waals surface area (Å²) in [4.78, 5) is 26.9. The number of hydrogen-bond acceptors (Lipinski definition) is 6. The molecular formula is C18H13ClN2O5. The molecule has 2 aromatic rings. The monoisotopic (exact) mass is 372 g/mol. The molecule has 1 aliphatic rings. The fourth-order valence-corrected chi connectivity index (χ4v) is 2.77. The molecule has 1 aliphatic heterocycles. The van der Waals surface area contributed by atoms with Gasteiger partial charge in [-0.15, -0.1) is 0 Å². The molecule has 0 aliphatic carbocycles. The van der Waals surface area contributed by atoms with Gasteiger partial charge in [-0.25, -0.2) is 9.79 Å². The van der Waals surface area contributed by atoms with E-state index in [1.54, 1.807) is 31.2 Å². The van der Waals surface area contributed by atoms with Gasteiger partial charge in [0.05, 0.1) is 17.1 Å². The van der Waals surface area contributed by atoms with Crippen molar-refractivity contribution in [3.05, 3.63) is 73.9 Å². The van der Waals surface area contributed by atoms with Gasteiger partial charge >= 0.3 is 5.97 Å².